The number of terminal acetylenes is 1. The number of hydrogen-bond acceptors (Lipinski definition) is 2. The highest BCUT2D eigenvalue weighted by molar-refractivity contribution is 5.34. The van der Waals surface area contributed by atoms with E-state index >= 15 is 0 Å². The van der Waals surface area contributed by atoms with Gasteiger partial charge in [-0.05, 0) is 83.1 Å². The summed E-state index contributed by atoms with van der Waals surface area (Å²) in [6, 6.07) is 0. The van der Waals surface area contributed by atoms with Crippen LogP contribution in [0, 0.1) is 36.0 Å². The van der Waals surface area contributed by atoms with E-state index in [2.05, 4.69) is 106 Å². The Balaban J connectivity index is 7.11. The van der Waals surface area contributed by atoms with Gasteiger partial charge in [-0.25, -0.2) is 0 Å². The van der Waals surface area contributed by atoms with Crippen LogP contribution in [0.15, 0.2) is 57.7 Å². The molecule has 0 heterocycles. The molecule has 0 amide bonds. The molecular weight excluding hydrogens is 472 g/mol. The van der Waals surface area contributed by atoms with Crippen molar-refractivity contribution in [1.82, 2.24) is 10.6 Å². The molecular formula is C37H64N2. The smallest absolute Gasteiger partial charge is 0.0411 e. The van der Waals surface area contributed by atoms with Gasteiger partial charge in [0.1, 0.15) is 0 Å². The Morgan fingerprint density at radius 2 is 1.44 bits per heavy atom. The fourth-order valence-electron chi connectivity index (χ4n) is 5.66. The zero-order chi connectivity index (χ0) is 30.1. The van der Waals surface area contributed by atoms with Crippen LogP contribution in [0.3, 0.4) is 0 Å². The number of unbranched alkanes of at least 4 members (excludes halogenated alkanes) is 1. The first-order chi connectivity index (χ1) is 18.4. The predicted molar refractivity (Wildman–Crippen MR) is 177 cm³/mol. The number of allylic oxidation sites excluding steroid dienone is 8. The van der Waals surface area contributed by atoms with Gasteiger partial charge in [0, 0.05) is 35.1 Å². The molecule has 0 saturated heterocycles. The summed E-state index contributed by atoms with van der Waals surface area (Å²) in [7, 11) is 0. The van der Waals surface area contributed by atoms with E-state index < -0.39 is 0 Å². The average molecular weight is 537 g/mol. The van der Waals surface area contributed by atoms with Crippen LogP contribution in [0.4, 0.5) is 0 Å². The summed E-state index contributed by atoms with van der Waals surface area (Å²) >= 11 is 0. The van der Waals surface area contributed by atoms with Crippen LogP contribution < -0.4 is 10.6 Å². The normalized spacial score (nSPS) is 16.7. The third kappa shape index (κ3) is 12.3. The Hall–Kier alpha value is -2.14. The second-order valence-electron chi connectivity index (χ2n) is 12.1. The van der Waals surface area contributed by atoms with E-state index in [9.17, 15) is 0 Å². The maximum absolute atomic E-state index is 5.66. The lowest BCUT2D eigenvalue weighted by Crippen LogP contribution is -2.30. The zero-order valence-corrected chi connectivity index (χ0v) is 28.0. The van der Waals surface area contributed by atoms with Crippen LogP contribution in [0.1, 0.15) is 141 Å². The Labute approximate surface area is 245 Å². The Bertz CT molecular complexity index is 916. The second-order valence-corrected chi connectivity index (χ2v) is 12.1. The number of hydrogen-bond donors (Lipinski definition) is 2. The molecule has 0 rings (SSSR count). The fraction of sp³-hybridized carbons (Fsp3) is 0.676. The monoisotopic (exact) mass is 537 g/mol. The fourth-order valence-corrected chi connectivity index (χ4v) is 5.66. The lowest BCUT2D eigenvalue weighted by atomic mass is 9.83. The standard InChI is InChI=1S/C37H64N2/c1-15-20-24-28(9)34(25-21-16-2)31(12)32(13)37(39-36(27(8)19-5)30(11)23-18-4)33(14)38-35(26(6)7)29(10)22-17-3/h1,19,26,28,30,32,38-39H,5,16-18,20-25H2,2-4,6-14H3/b34-31-,35-29+,36-27+,37-33-/t28-,30?,32?/m1/s1. The van der Waals surface area contributed by atoms with Gasteiger partial charge in [-0.1, -0.05) is 104 Å². The minimum atomic E-state index is 0.249. The van der Waals surface area contributed by atoms with Gasteiger partial charge >= 0.3 is 0 Å². The predicted octanol–water partition coefficient (Wildman–Crippen LogP) is 11.2. The van der Waals surface area contributed by atoms with Crippen LogP contribution in [0.2, 0.25) is 0 Å². The van der Waals surface area contributed by atoms with Crippen molar-refractivity contribution in [2.45, 2.75) is 141 Å². The van der Waals surface area contributed by atoms with E-state index in [0.717, 1.165) is 44.9 Å². The maximum Gasteiger partial charge on any atom is 0.0411 e. The van der Waals surface area contributed by atoms with E-state index in [1.54, 1.807) is 5.57 Å². The first-order valence-electron chi connectivity index (χ1n) is 15.8. The molecule has 0 radical (unpaired) electrons. The van der Waals surface area contributed by atoms with Crippen molar-refractivity contribution in [2.24, 2.45) is 23.7 Å². The third-order valence-electron chi connectivity index (χ3n) is 8.31. The SMILES string of the molecule is C#CCC[C@@H](C)/C(CCCC)=C(/C)C(C)/C(N/C(=C(\C)C=C)C(C)CCC)=C(\C)N/C(=C(\C)CCC)C(C)C. The molecule has 2 heteroatoms. The minimum absolute atomic E-state index is 0.249. The van der Waals surface area contributed by atoms with Gasteiger partial charge in [0.05, 0.1) is 0 Å². The van der Waals surface area contributed by atoms with Gasteiger partial charge in [-0.2, -0.15) is 0 Å². The molecule has 0 aliphatic rings. The van der Waals surface area contributed by atoms with Gasteiger partial charge in [-0.3, -0.25) is 0 Å². The quantitative estimate of drug-likeness (QED) is 0.0974. The molecule has 0 aromatic carbocycles. The first kappa shape index (κ1) is 36.9. The summed E-state index contributed by atoms with van der Waals surface area (Å²) in [6.45, 7) is 31.7. The van der Waals surface area contributed by atoms with Crippen LogP contribution >= 0.6 is 0 Å². The van der Waals surface area contributed by atoms with Crippen LogP contribution in [-0.2, 0) is 0 Å². The molecule has 0 spiro atoms. The number of nitrogens with one attached hydrogen (secondary N) is 2. The molecule has 0 aromatic rings. The summed E-state index contributed by atoms with van der Waals surface area (Å²) < 4.78 is 0. The molecule has 0 fully saturated rings. The topological polar surface area (TPSA) is 24.1 Å². The molecule has 0 aliphatic carbocycles. The van der Waals surface area contributed by atoms with E-state index in [1.807, 2.05) is 6.08 Å². The van der Waals surface area contributed by atoms with Crippen molar-refractivity contribution in [3.8, 4) is 12.3 Å². The van der Waals surface area contributed by atoms with Gasteiger partial charge in [0.15, 0.2) is 0 Å². The summed E-state index contributed by atoms with van der Waals surface area (Å²) in [4.78, 5) is 0. The first-order valence-corrected chi connectivity index (χ1v) is 15.8. The van der Waals surface area contributed by atoms with Crippen molar-refractivity contribution in [3.63, 3.8) is 0 Å². The molecule has 2 N–H and O–H groups in total. The summed E-state index contributed by atoms with van der Waals surface area (Å²) in [6.07, 6.45) is 17.7. The molecule has 0 aromatic heterocycles. The molecule has 39 heavy (non-hydrogen) atoms. The average Bonchev–Trinajstić information content (AvgIpc) is 2.90. The van der Waals surface area contributed by atoms with Gasteiger partial charge in [-0.15, -0.1) is 12.3 Å². The second kappa shape index (κ2) is 19.8. The van der Waals surface area contributed by atoms with Gasteiger partial charge in [0.25, 0.3) is 0 Å². The zero-order valence-electron chi connectivity index (χ0n) is 28.0. The summed E-state index contributed by atoms with van der Waals surface area (Å²) in [5.41, 5.74) is 10.9. The molecule has 3 atom stereocenters. The Morgan fingerprint density at radius 3 is 1.92 bits per heavy atom. The largest absolute Gasteiger partial charge is 0.361 e. The number of rotatable bonds is 19. The summed E-state index contributed by atoms with van der Waals surface area (Å²) in [5.74, 6) is 4.48. The molecule has 0 aliphatic heterocycles. The molecule has 0 bridgehead atoms. The van der Waals surface area contributed by atoms with E-state index in [0.29, 0.717) is 17.8 Å². The highest BCUT2D eigenvalue weighted by Crippen LogP contribution is 2.33. The lowest BCUT2D eigenvalue weighted by Gasteiger charge is -2.31. The van der Waals surface area contributed by atoms with Crippen molar-refractivity contribution in [2.75, 3.05) is 0 Å². The van der Waals surface area contributed by atoms with Crippen molar-refractivity contribution >= 4 is 0 Å². The Kier molecular flexibility index (Phi) is 18.8. The highest BCUT2D eigenvalue weighted by atomic mass is 15.0. The maximum atomic E-state index is 5.66. The highest BCUT2D eigenvalue weighted by Gasteiger charge is 2.23. The van der Waals surface area contributed by atoms with Crippen LogP contribution in [0.5, 0.6) is 0 Å². The van der Waals surface area contributed by atoms with Crippen molar-refractivity contribution < 1.29 is 0 Å². The lowest BCUT2D eigenvalue weighted by molar-refractivity contribution is 0.536. The molecule has 0 saturated carbocycles. The summed E-state index contributed by atoms with van der Waals surface area (Å²) in [5, 5.41) is 7.93. The van der Waals surface area contributed by atoms with Gasteiger partial charge < -0.3 is 10.6 Å². The third-order valence-corrected chi connectivity index (χ3v) is 8.31. The van der Waals surface area contributed by atoms with Crippen molar-refractivity contribution in [1.29, 1.82) is 0 Å². The van der Waals surface area contributed by atoms with Crippen LogP contribution in [-0.4, -0.2) is 0 Å². The van der Waals surface area contributed by atoms with Crippen LogP contribution in [0.25, 0.3) is 0 Å². The molecule has 222 valence electrons. The van der Waals surface area contributed by atoms with E-state index in [4.69, 9.17) is 6.42 Å². The minimum Gasteiger partial charge on any atom is -0.361 e. The van der Waals surface area contributed by atoms with Crippen molar-refractivity contribution in [3.05, 3.63) is 57.7 Å². The molecule has 2 unspecified atom stereocenters. The van der Waals surface area contributed by atoms with E-state index in [1.165, 1.54) is 52.3 Å². The van der Waals surface area contributed by atoms with E-state index in [-0.39, 0.29) is 5.92 Å². The van der Waals surface area contributed by atoms with Gasteiger partial charge in [0.2, 0.25) is 0 Å². The Morgan fingerprint density at radius 1 is 0.795 bits per heavy atom. The molecule has 2 nitrogen and oxygen atoms in total.